The molecule has 26 heavy (non-hydrogen) atoms. The van der Waals surface area contributed by atoms with Crippen LogP contribution in [0, 0.1) is 0 Å². The minimum Gasteiger partial charge on any atom is -0.360 e. The third-order valence-electron chi connectivity index (χ3n) is 6.33. The van der Waals surface area contributed by atoms with Crippen molar-refractivity contribution in [3.05, 3.63) is 22.9 Å². The second kappa shape index (κ2) is 7.22. The van der Waals surface area contributed by atoms with Crippen molar-refractivity contribution in [3.8, 4) is 0 Å². The summed E-state index contributed by atoms with van der Waals surface area (Å²) in [5.41, 5.74) is 11.0. The van der Waals surface area contributed by atoms with Crippen molar-refractivity contribution in [1.82, 2.24) is 21.5 Å². The molecular weight excluding hydrogens is 332 g/mol. The van der Waals surface area contributed by atoms with E-state index in [1.807, 2.05) is 0 Å². The van der Waals surface area contributed by atoms with Crippen molar-refractivity contribution in [2.75, 3.05) is 6.79 Å². The van der Waals surface area contributed by atoms with Crippen LogP contribution in [0.5, 0.6) is 0 Å². The lowest BCUT2D eigenvalue weighted by Crippen LogP contribution is -2.68. The number of ether oxygens (including phenoxy) is 3. The molecule has 0 aromatic carbocycles. The molecule has 2 aliphatic carbocycles. The summed E-state index contributed by atoms with van der Waals surface area (Å²) in [6, 6.07) is 0.175. The van der Waals surface area contributed by atoms with Crippen molar-refractivity contribution in [1.29, 1.82) is 0 Å². The molecule has 3 aliphatic heterocycles. The number of hydrazine groups is 1. The first kappa shape index (κ1) is 17.2. The summed E-state index contributed by atoms with van der Waals surface area (Å²) in [5.74, 6) is 0. The maximum atomic E-state index is 6.60. The summed E-state index contributed by atoms with van der Waals surface area (Å²) in [7, 11) is 0. The summed E-state index contributed by atoms with van der Waals surface area (Å²) < 4.78 is 18.0. The molecule has 0 saturated carbocycles. The lowest BCUT2D eigenvalue weighted by atomic mass is 9.90. The number of hydrogen-bond acceptors (Lipinski definition) is 7. The van der Waals surface area contributed by atoms with E-state index in [-0.39, 0.29) is 36.9 Å². The summed E-state index contributed by atoms with van der Waals surface area (Å²) in [5, 5.41) is 7.38. The molecule has 0 bridgehead atoms. The molecule has 144 valence electrons. The molecule has 7 heteroatoms. The lowest BCUT2D eigenvalue weighted by Gasteiger charge is -2.40. The van der Waals surface area contributed by atoms with Gasteiger partial charge in [-0.25, -0.2) is 10.9 Å². The van der Waals surface area contributed by atoms with Gasteiger partial charge in [-0.15, -0.1) is 0 Å². The molecule has 0 amide bonds. The van der Waals surface area contributed by atoms with Gasteiger partial charge in [-0.1, -0.05) is 13.0 Å². The monoisotopic (exact) mass is 362 g/mol. The van der Waals surface area contributed by atoms with Crippen LogP contribution in [0.1, 0.15) is 51.9 Å². The molecule has 5 rings (SSSR count). The first-order valence-electron chi connectivity index (χ1n) is 10.1. The zero-order valence-electron chi connectivity index (χ0n) is 15.4. The fourth-order valence-electron chi connectivity index (χ4n) is 4.80. The number of nitrogens with one attached hydrogen (secondary N) is 4. The van der Waals surface area contributed by atoms with E-state index in [2.05, 4.69) is 34.5 Å². The van der Waals surface area contributed by atoms with Gasteiger partial charge in [-0.2, -0.15) is 0 Å². The predicted octanol–water partition coefficient (Wildman–Crippen LogP) is 1.35. The zero-order chi connectivity index (χ0) is 17.5. The molecule has 0 aromatic rings. The Balaban J connectivity index is 1.41. The predicted molar refractivity (Wildman–Crippen MR) is 96.5 cm³/mol. The quantitative estimate of drug-likeness (QED) is 0.553. The first-order chi connectivity index (χ1) is 12.8. The highest BCUT2D eigenvalue weighted by Crippen LogP contribution is 2.35. The van der Waals surface area contributed by atoms with Crippen LogP contribution in [-0.2, 0) is 14.2 Å². The Morgan fingerprint density at radius 1 is 1.12 bits per heavy atom. The molecule has 2 saturated heterocycles. The van der Waals surface area contributed by atoms with Crippen molar-refractivity contribution in [2.24, 2.45) is 0 Å². The second-order valence-corrected chi connectivity index (χ2v) is 7.93. The standard InChI is InChI=1S/C19H30N4O3/c1-2-16-21-19-17(23-22-16)12-5-3-4-6-13(12)20-18(26-19)11-7-8-14-15(9-11)25-10-24-14/h7,14-23H,2-6,8-10H2,1H3. The third-order valence-corrected chi connectivity index (χ3v) is 6.33. The van der Waals surface area contributed by atoms with Crippen LogP contribution >= 0.6 is 0 Å². The van der Waals surface area contributed by atoms with Gasteiger partial charge in [0.05, 0.1) is 24.4 Å². The van der Waals surface area contributed by atoms with Crippen molar-refractivity contribution >= 4 is 0 Å². The Morgan fingerprint density at radius 2 is 2.00 bits per heavy atom. The highest BCUT2D eigenvalue weighted by atomic mass is 16.7. The number of fused-ring (bicyclic) bond motifs is 3. The molecular formula is C19H30N4O3. The van der Waals surface area contributed by atoms with E-state index in [4.69, 9.17) is 14.2 Å². The zero-order valence-corrected chi connectivity index (χ0v) is 15.4. The Hall–Kier alpha value is -0.960. The maximum absolute atomic E-state index is 6.60. The minimum atomic E-state index is -0.0943. The molecule has 6 atom stereocenters. The summed E-state index contributed by atoms with van der Waals surface area (Å²) in [6.45, 7) is 2.59. The highest BCUT2D eigenvalue weighted by molar-refractivity contribution is 5.28. The molecule has 6 unspecified atom stereocenters. The van der Waals surface area contributed by atoms with Crippen LogP contribution in [0.2, 0.25) is 0 Å². The van der Waals surface area contributed by atoms with E-state index in [9.17, 15) is 0 Å². The molecule has 0 spiro atoms. The van der Waals surface area contributed by atoms with Gasteiger partial charge in [-0.3, -0.25) is 5.32 Å². The van der Waals surface area contributed by atoms with E-state index in [1.165, 1.54) is 29.7 Å². The van der Waals surface area contributed by atoms with Crippen molar-refractivity contribution in [3.63, 3.8) is 0 Å². The fourth-order valence-corrected chi connectivity index (χ4v) is 4.80. The van der Waals surface area contributed by atoms with Gasteiger partial charge in [0.15, 0.2) is 6.23 Å². The molecule has 0 aromatic heterocycles. The SMILES string of the molecule is CCC1NNC2C3=C(CCCC3)NC(C3=CCC4OCOC4C3)OC2N1. The summed E-state index contributed by atoms with van der Waals surface area (Å²) in [4.78, 5) is 0. The van der Waals surface area contributed by atoms with Gasteiger partial charge in [-0.05, 0) is 49.7 Å². The maximum Gasteiger partial charge on any atom is 0.152 e. The molecule has 4 N–H and O–H groups in total. The molecule has 7 nitrogen and oxygen atoms in total. The largest absolute Gasteiger partial charge is 0.360 e. The molecule has 2 fully saturated rings. The minimum absolute atomic E-state index is 0.0383. The van der Waals surface area contributed by atoms with E-state index in [0.29, 0.717) is 6.79 Å². The van der Waals surface area contributed by atoms with Gasteiger partial charge in [0.2, 0.25) is 0 Å². The normalized spacial score (nSPS) is 42.9. The second-order valence-electron chi connectivity index (χ2n) is 7.93. The van der Waals surface area contributed by atoms with Gasteiger partial charge >= 0.3 is 0 Å². The molecule has 3 heterocycles. The summed E-state index contributed by atoms with van der Waals surface area (Å²) in [6.07, 6.45) is 10.3. The van der Waals surface area contributed by atoms with Gasteiger partial charge in [0.1, 0.15) is 13.0 Å². The average molecular weight is 362 g/mol. The fraction of sp³-hybridized carbons (Fsp3) is 0.789. The Labute approximate surface area is 154 Å². The number of allylic oxidation sites excluding steroid dienone is 1. The lowest BCUT2D eigenvalue weighted by molar-refractivity contribution is -0.0627. The van der Waals surface area contributed by atoms with Crippen LogP contribution in [0.25, 0.3) is 0 Å². The smallest absolute Gasteiger partial charge is 0.152 e. The number of hydrogen-bond donors (Lipinski definition) is 4. The van der Waals surface area contributed by atoms with E-state index >= 15 is 0 Å². The van der Waals surface area contributed by atoms with Crippen molar-refractivity contribution in [2.45, 2.75) is 88.7 Å². The third kappa shape index (κ3) is 3.10. The van der Waals surface area contributed by atoms with E-state index in [0.717, 1.165) is 32.1 Å². The Kier molecular flexibility index (Phi) is 4.77. The van der Waals surface area contributed by atoms with Crippen LogP contribution in [0.15, 0.2) is 22.9 Å². The van der Waals surface area contributed by atoms with Crippen LogP contribution in [-0.4, -0.2) is 43.7 Å². The van der Waals surface area contributed by atoms with Gasteiger partial charge < -0.3 is 19.5 Å². The Bertz CT molecular complexity index is 608. The number of rotatable bonds is 2. The molecule has 5 aliphatic rings. The van der Waals surface area contributed by atoms with Crippen molar-refractivity contribution < 1.29 is 14.2 Å². The topological polar surface area (TPSA) is 75.8 Å². The van der Waals surface area contributed by atoms with Crippen LogP contribution < -0.4 is 21.5 Å². The van der Waals surface area contributed by atoms with Gasteiger partial charge in [0, 0.05) is 12.1 Å². The van der Waals surface area contributed by atoms with Gasteiger partial charge in [0.25, 0.3) is 0 Å². The Morgan fingerprint density at radius 3 is 2.92 bits per heavy atom. The highest BCUT2D eigenvalue weighted by Gasteiger charge is 2.41. The van der Waals surface area contributed by atoms with E-state index in [1.54, 1.807) is 0 Å². The van der Waals surface area contributed by atoms with E-state index < -0.39 is 0 Å². The first-order valence-corrected chi connectivity index (χ1v) is 10.1. The summed E-state index contributed by atoms with van der Waals surface area (Å²) >= 11 is 0. The average Bonchev–Trinajstić information content (AvgIpc) is 3.09. The van der Waals surface area contributed by atoms with Crippen LogP contribution in [0.4, 0.5) is 0 Å². The molecule has 0 radical (unpaired) electrons. The van der Waals surface area contributed by atoms with Crippen LogP contribution in [0.3, 0.4) is 0 Å².